The van der Waals surface area contributed by atoms with E-state index < -0.39 is 32.7 Å². The Kier molecular flexibility index (Phi) is 11.6. The van der Waals surface area contributed by atoms with E-state index in [0.29, 0.717) is 68.9 Å². The molecule has 3 amide bonds. The van der Waals surface area contributed by atoms with Crippen LogP contribution in [0, 0.1) is 17.8 Å². The van der Waals surface area contributed by atoms with Crippen LogP contribution in [0.4, 0.5) is 5.69 Å². The number of carbonyl (C=O) groups excluding carboxylic acids is 3. The molecule has 16 heteroatoms. The fourth-order valence-electron chi connectivity index (χ4n) is 9.68. The number of halogens is 1. The average molecular weight is 849 g/mol. The number of ether oxygens (including phenoxy) is 3. The fraction of sp³-hybridized carbons (Fsp3) is 0.535. The van der Waals surface area contributed by atoms with E-state index in [1.165, 1.54) is 29.1 Å². The van der Waals surface area contributed by atoms with Crippen molar-refractivity contribution in [1.82, 2.24) is 19.4 Å². The Labute approximate surface area is 350 Å². The lowest BCUT2D eigenvalue weighted by molar-refractivity contribution is -0.143. The average Bonchev–Trinajstić information content (AvgIpc) is 3.51. The predicted molar refractivity (Wildman–Crippen MR) is 223 cm³/mol. The molecule has 2 fully saturated rings. The van der Waals surface area contributed by atoms with Gasteiger partial charge in [0.15, 0.2) is 0 Å². The van der Waals surface area contributed by atoms with Crippen molar-refractivity contribution < 1.29 is 37.9 Å². The van der Waals surface area contributed by atoms with Crippen LogP contribution in [0.2, 0.25) is 5.02 Å². The second kappa shape index (κ2) is 16.5. The molecule has 3 aliphatic heterocycles. The quantitative estimate of drug-likeness (QED) is 0.330. The minimum atomic E-state index is -3.74. The lowest BCUT2D eigenvalue weighted by Crippen LogP contribution is -2.54. The second-order valence-corrected chi connectivity index (χ2v) is 19.4. The number of aromatic nitrogens is 2. The first-order chi connectivity index (χ1) is 28.3. The molecule has 316 valence electrons. The van der Waals surface area contributed by atoms with E-state index >= 15 is 0 Å². The number of anilines is 1. The van der Waals surface area contributed by atoms with Crippen molar-refractivity contribution >= 4 is 44.9 Å². The van der Waals surface area contributed by atoms with Crippen molar-refractivity contribution in [3.8, 4) is 11.6 Å². The van der Waals surface area contributed by atoms with Crippen LogP contribution in [-0.2, 0) is 38.3 Å². The largest absolute Gasteiger partial charge is 0.490 e. The van der Waals surface area contributed by atoms with Crippen molar-refractivity contribution in [2.75, 3.05) is 63.8 Å². The van der Waals surface area contributed by atoms with Crippen LogP contribution in [0.15, 0.2) is 59.1 Å². The molecule has 2 bridgehead atoms. The van der Waals surface area contributed by atoms with Crippen LogP contribution < -0.4 is 19.1 Å². The van der Waals surface area contributed by atoms with E-state index in [9.17, 15) is 23.7 Å². The maximum atomic E-state index is 14.8. The Morgan fingerprint density at radius 3 is 2.73 bits per heavy atom. The highest BCUT2D eigenvalue weighted by Crippen LogP contribution is 2.49. The van der Waals surface area contributed by atoms with Crippen LogP contribution >= 0.6 is 11.6 Å². The van der Waals surface area contributed by atoms with E-state index in [2.05, 4.69) is 25.1 Å². The van der Waals surface area contributed by atoms with Gasteiger partial charge in [-0.1, -0.05) is 36.7 Å². The minimum absolute atomic E-state index is 0.0196. The van der Waals surface area contributed by atoms with E-state index in [0.717, 1.165) is 32.1 Å². The summed E-state index contributed by atoms with van der Waals surface area (Å²) in [6.45, 7) is 5.22. The van der Waals surface area contributed by atoms with Gasteiger partial charge in [0.05, 0.1) is 50.4 Å². The number of allylic oxidation sites excluding steroid dienone is 1. The first-order valence-electron chi connectivity index (χ1n) is 20.5. The third kappa shape index (κ3) is 8.48. The van der Waals surface area contributed by atoms with Crippen LogP contribution in [0.1, 0.15) is 77.3 Å². The predicted octanol–water partition coefficient (Wildman–Crippen LogP) is 5.11. The normalized spacial score (nSPS) is 30.1. The lowest BCUT2D eigenvalue weighted by Gasteiger charge is -2.49. The topological polar surface area (TPSA) is 165 Å². The Bertz CT molecular complexity index is 2280. The van der Waals surface area contributed by atoms with Gasteiger partial charge in [0, 0.05) is 55.4 Å². The van der Waals surface area contributed by atoms with Gasteiger partial charge in [-0.25, -0.2) is 4.21 Å². The van der Waals surface area contributed by atoms with Crippen LogP contribution in [0.3, 0.4) is 0 Å². The number of amides is 3. The van der Waals surface area contributed by atoms with Crippen molar-refractivity contribution in [1.29, 1.82) is 0 Å². The van der Waals surface area contributed by atoms with E-state index in [-0.39, 0.29) is 52.8 Å². The number of aliphatic hydroxyl groups is 1. The third-order valence-corrected chi connectivity index (χ3v) is 15.0. The Morgan fingerprint density at radius 2 is 1.97 bits per heavy atom. The number of morpholine rings is 1. The van der Waals surface area contributed by atoms with E-state index in [1.807, 2.05) is 25.1 Å². The van der Waals surface area contributed by atoms with Gasteiger partial charge in [0.25, 0.3) is 11.8 Å². The summed E-state index contributed by atoms with van der Waals surface area (Å²) < 4.78 is 40.5. The van der Waals surface area contributed by atoms with E-state index in [1.54, 1.807) is 36.2 Å². The summed E-state index contributed by atoms with van der Waals surface area (Å²) in [5.74, 6) is -1.72. The SMILES string of the molecule is COc1nn(C)cc1C(=O)N[S@@]1(=O)=NC(=O)c2ccc3c(c2)N(C[C@@H]2CC[C@H]2[C@](O)(CC(=O)N2CCOCC2)/C=C/C[C@H](C)C1)C[C@@]1(CCCc2cc(Cl)ccc21)CO3. The molecule has 5 aliphatic rings. The van der Waals surface area contributed by atoms with Gasteiger partial charge in [-0.05, 0) is 97.7 Å². The zero-order valence-electron chi connectivity index (χ0n) is 33.9. The van der Waals surface area contributed by atoms with Crippen molar-refractivity contribution in [2.45, 2.75) is 62.9 Å². The van der Waals surface area contributed by atoms with Crippen LogP contribution in [-0.4, -0.2) is 106 Å². The molecule has 0 radical (unpaired) electrons. The molecule has 14 nitrogen and oxygen atoms in total. The molecule has 3 aromatic rings. The van der Waals surface area contributed by atoms with Crippen LogP contribution in [0.25, 0.3) is 0 Å². The molecule has 59 heavy (non-hydrogen) atoms. The van der Waals surface area contributed by atoms with Gasteiger partial charge in [-0.15, -0.1) is 9.46 Å². The summed E-state index contributed by atoms with van der Waals surface area (Å²) >= 11 is 6.49. The molecule has 1 saturated heterocycles. The number of nitrogens with zero attached hydrogens (tertiary/aromatic N) is 5. The maximum Gasteiger partial charge on any atom is 0.286 e. The molecule has 6 atom stereocenters. The molecule has 2 N–H and O–H groups in total. The third-order valence-electron chi connectivity index (χ3n) is 12.8. The monoisotopic (exact) mass is 848 g/mol. The summed E-state index contributed by atoms with van der Waals surface area (Å²) in [6.07, 6.45) is 9.63. The van der Waals surface area contributed by atoms with Gasteiger partial charge in [-0.3, -0.25) is 23.8 Å². The zero-order valence-corrected chi connectivity index (χ0v) is 35.4. The molecule has 2 aliphatic carbocycles. The van der Waals surface area contributed by atoms with Crippen molar-refractivity contribution in [3.05, 3.63) is 82.0 Å². The van der Waals surface area contributed by atoms with Gasteiger partial charge >= 0.3 is 0 Å². The molecule has 1 spiro atoms. The zero-order chi connectivity index (χ0) is 41.5. The van der Waals surface area contributed by atoms with Gasteiger partial charge in [-0.2, -0.15) is 0 Å². The summed E-state index contributed by atoms with van der Waals surface area (Å²) in [5, 5.41) is 17.5. The number of fused-ring (bicyclic) bond motifs is 4. The summed E-state index contributed by atoms with van der Waals surface area (Å²) in [6, 6.07) is 11.2. The van der Waals surface area contributed by atoms with Gasteiger partial charge in [0.2, 0.25) is 11.8 Å². The molecule has 4 heterocycles. The number of rotatable bonds is 5. The molecular weight excluding hydrogens is 796 g/mol. The highest BCUT2D eigenvalue weighted by molar-refractivity contribution is 7.92. The number of carbonyl (C=O) groups is 3. The highest BCUT2D eigenvalue weighted by atomic mass is 35.5. The summed E-state index contributed by atoms with van der Waals surface area (Å²) in [5.41, 5.74) is 1.46. The Balaban J connectivity index is 1.21. The molecule has 8 rings (SSSR count). The molecule has 1 saturated carbocycles. The number of hydrogen-bond acceptors (Lipinski definition) is 10. The number of benzene rings is 2. The summed E-state index contributed by atoms with van der Waals surface area (Å²) in [4.78, 5) is 45.7. The summed E-state index contributed by atoms with van der Waals surface area (Å²) in [7, 11) is -0.731. The maximum absolute atomic E-state index is 14.8. The van der Waals surface area contributed by atoms with Crippen molar-refractivity contribution in [2.24, 2.45) is 29.2 Å². The van der Waals surface area contributed by atoms with Crippen LogP contribution in [0.5, 0.6) is 11.6 Å². The van der Waals surface area contributed by atoms with Gasteiger partial charge in [0.1, 0.15) is 21.2 Å². The number of methoxy groups -OCH3 is 1. The number of hydrogen-bond donors (Lipinski definition) is 2. The molecular formula is C43H53ClN6O8S. The van der Waals surface area contributed by atoms with Gasteiger partial charge < -0.3 is 29.1 Å². The Morgan fingerprint density at radius 1 is 1.15 bits per heavy atom. The molecule has 1 aromatic heterocycles. The van der Waals surface area contributed by atoms with E-state index in [4.69, 9.17) is 25.8 Å². The molecule has 0 unspecified atom stereocenters. The second-order valence-electron chi connectivity index (χ2n) is 17.0. The smallest absolute Gasteiger partial charge is 0.286 e. The number of aryl methyl sites for hydroxylation is 2. The highest BCUT2D eigenvalue weighted by Gasteiger charge is 2.49. The molecule has 2 aromatic carbocycles. The van der Waals surface area contributed by atoms with Crippen molar-refractivity contribution in [3.63, 3.8) is 0 Å². The first kappa shape index (κ1) is 41.3. The lowest BCUT2D eigenvalue weighted by atomic mass is 9.63. The minimum Gasteiger partial charge on any atom is -0.490 e. The fourth-order valence-corrected chi connectivity index (χ4v) is 11.8. The first-order valence-corrected chi connectivity index (χ1v) is 22.6. The standard InChI is InChI=1S/C43H53ClN6O8S/c1-28-6-4-15-43(54,22-38(51)49-16-18-57-19-17-49)35-11-8-31(35)23-50-26-42(14-5-7-29-20-32(44)10-12-34(29)42)27-58-37-13-9-30(21-36(37)50)39(52)46-59(55,25-28)47-40(53)33-24-48(2)45-41(33)56-3/h4,9-10,12-13,15,20-21,24,28,31,35,54H,5-8,11,14,16-19,22-23,25-27H2,1-3H3,(H,46,47,52,53,55)/b15-4+/t28-,31-,35+,42-,43+,59-/m0/s1. The number of nitrogens with one attached hydrogen (secondary N) is 1. The Hall–Kier alpha value is -4.44.